The fraction of sp³-hybridized carbons (Fsp3) is 0.967. The first kappa shape index (κ1) is 70.0. The van der Waals surface area contributed by atoms with Gasteiger partial charge in [0.25, 0.3) is 0 Å². The molecule has 4 saturated carbocycles. The van der Waals surface area contributed by atoms with Crippen LogP contribution in [0.1, 0.15) is 183 Å². The van der Waals surface area contributed by atoms with Gasteiger partial charge in [0.15, 0.2) is 0 Å². The van der Waals surface area contributed by atoms with Gasteiger partial charge in [-0.15, -0.1) is 0 Å². The average molecular weight is 1140 g/mol. The van der Waals surface area contributed by atoms with Crippen LogP contribution in [-0.2, 0) is 46.5 Å². The number of nitrogens with one attached hydrogen (secondary N) is 2. The summed E-state index contributed by atoms with van der Waals surface area (Å²) in [6.07, 6.45) is 22.6. The molecule has 17 nitrogen and oxygen atoms in total. The van der Waals surface area contributed by atoms with Gasteiger partial charge in [0.1, 0.15) is 0 Å². The second kappa shape index (κ2) is 39.9. The molecule has 11 atom stereocenters. The number of nitrogens with two attached hydrogens (primary N) is 3. The molecular formula is C61H120N6O11Si. The molecule has 4 rings (SSSR count). The summed E-state index contributed by atoms with van der Waals surface area (Å²) in [5, 5.41) is 6.10. The van der Waals surface area contributed by atoms with Gasteiger partial charge in [0.05, 0.1) is 58.0 Å². The van der Waals surface area contributed by atoms with E-state index in [4.69, 9.17) is 58.9 Å². The Morgan fingerprint density at radius 2 is 1.22 bits per heavy atom. The fourth-order valence-electron chi connectivity index (χ4n) is 14.7. The molecule has 0 aromatic carbocycles. The van der Waals surface area contributed by atoms with Crippen LogP contribution in [0.3, 0.4) is 0 Å². The van der Waals surface area contributed by atoms with E-state index in [0.717, 1.165) is 110 Å². The van der Waals surface area contributed by atoms with Gasteiger partial charge < -0.3 is 74.4 Å². The van der Waals surface area contributed by atoms with E-state index in [1.54, 1.807) is 0 Å². The van der Waals surface area contributed by atoms with E-state index in [-0.39, 0.29) is 35.0 Å². The van der Waals surface area contributed by atoms with Crippen LogP contribution in [-0.4, -0.2) is 169 Å². The molecule has 4 aliphatic rings. The molecule has 0 aliphatic heterocycles. The van der Waals surface area contributed by atoms with Gasteiger partial charge in [0.2, 0.25) is 5.91 Å². The summed E-state index contributed by atoms with van der Waals surface area (Å²) < 4.78 is 55.5. The molecule has 0 unspecified atom stereocenters. The van der Waals surface area contributed by atoms with Gasteiger partial charge in [-0.2, -0.15) is 0 Å². The van der Waals surface area contributed by atoms with Gasteiger partial charge in [-0.25, -0.2) is 4.79 Å². The van der Waals surface area contributed by atoms with Crippen LogP contribution < -0.4 is 27.8 Å². The van der Waals surface area contributed by atoms with Crippen LogP contribution in [0.5, 0.6) is 0 Å². The molecular weight excluding hydrogens is 1020 g/mol. The van der Waals surface area contributed by atoms with Crippen molar-refractivity contribution < 1.29 is 51.3 Å². The normalized spacial score (nSPS) is 27.1. The van der Waals surface area contributed by atoms with Crippen LogP contribution in [0.2, 0.25) is 6.04 Å². The topological polar surface area (TPSA) is 223 Å². The number of unbranched alkanes of at least 4 members (excludes halogenated alkanes) is 6. The third-order valence-electron chi connectivity index (χ3n) is 18.7. The second-order valence-electron chi connectivity index (χ2n) is 24.0. The highest BCUT2D eigenvalue weighted by molar-refractivity contribution is 6.60. The first-order valence-corrected chi connectivity index (χ1v) is 34.2. The standard InChI is InChI=1S/C61H120N6O11Si/c1-8-12-13-14-15-17-34-67(59(69)66-33-40-71-42-44-72-43-41-70-39-32-65-57(68)24-16-18-45-79(76-9-2,77-10-3)78-11-4)35-19-23-49(5)52-25-26-53-58-54(48-56(61(52,53)7)75-38-22-31-64)60(6)28-27-51(73-36-20-29-62)46-50(60)47-55(58)74-37-21-30-63/h49-56,58H,8-48,62-64H2,1-7H3,(H,65,68)(H,66,69)/t49-,50+,51-,52-,53+,54+,55-,56+,58+,60+,61-/m1/s1. The number of urea groups is 1. The predicted octanol–water partition coefficient (Wildman–Crippen LogP) is 9.24. The number of carbonyl (C=O) groups is 2. The molecule has 8 N–H and O–H groups in total. The van der Waals surface area contributed by atoms with E-state index >= 15 is 0 Å². The quantitative estimate of drug-likeness (QED) is 0.0283. The summed E-state index contributed by atoms with van der Waals surface area (Å²) in [5.74, 6) is 3.16. The molecule has 0 aromatic heterocycles. The lowest BCUT2D eigenvalue weighted by molar-refractivity contribution is -0.227. The summed E-state index contributed by atoms with van der Waals surface area (Å²) in [6, 6.07) is 0.709. The molecule has 0 spiro atoms. The van der Waals surface area contributed by atoms with Gasteiger partial charge in [-0.1, -0.05) is 59.8 Å². The third-order valence-corrected chi connectivity index (χ3v) is 21.9. The monoisotopic (exact) mass is 1140 g/mol. The number of fused-ring (bicyclic) bond motifs is 5. The zero-order chi connectivity index (χ0) is 57.2. The van der Waals surface area contributed by atoms with Gasteiger partial charge in [-0.3, -0.25) is 4.79 Å². The number of ether oxygens (including phenoxy) is 6. The van der Waals surface area contributed by atoms with Crippen molar-refractivity contribution in [1.82, 2.24) is 15.5 Å². The number of hydrogen-bond donors (Lipinski definition) is 5. The summed E-state index contributed by atoms with van der Waals surface area (Å²) in [4.78, 5) is 28.2. The zero-order valence-corrected chi connectivity index (χ0v) is 52.4. The minimum Gasteiger partial charge on any atom is -0.378 e. The summed E-state index contributed by atoms with van der Waals surface area (Å²) in [5.41, 5.74) is 18.2. The van der Waals surface area contributed by atoms with Crippen molar-refractivity contribution >= 4 is 20.7 Å². The van der Waals surface area contributed by atoms with Crippen LogP contribution >= 0.6 is 0 Å². The lowest BCUT2D eigenvalue weighted by atomic mass is 9.43. The maximum atomic E-state index is 13.8. The van der Waals surface area contributed by atoms with Crippen LogP contribution in [0.15, 0.2) is 0 Å². The van der Waals surface area contributed by atoms with E-state index in [0.29, 0.717) is 153 Å². The van der Waals surface area contributed by atoms with Crippen molar-refractivity contribution in [2.75, 3.05) is 125 Å². The first-order valence-electron chi connectivity index (χ1n) is 32.3. The van der Waals surface area contributed by atoms with Crippen molar-refractivity contribution in [2.45, 2.75) is 208 Å². The Bertz CT molecular complexity index is 1580. The van der Waals surface area contributed by atoms with Crippen molar-refractivity contribution in [3.05, 3.63) is 0 Å². The van der Waals surface area contributed by atoms with Crippen LogP contribution in [0, 0.1) is 46.3 Å². The maximum Gasteiger partial charge on any atom is 0.500 e. The molecule has 0 heterocycles. The lowest BCUT2D eigenvalue weighted by Gasteiger charge is -2.65. The van der Waals surface area contributed by atoms with E-state index in [1.165, 1.54) is 44.9 Å². The second-order valence-corrected chi connectivity index (χ2v) is 26.7. The zero-order valence-electron chi connectivity index (χ0n) is 51.4. The molecule has 3 amide bonds. The van der Waals surface area contributed by atoms with E-state index in [1.807, 2.05) is 20.8 Å². The molecule has 0 saturated heterocycles. The first-order chi connectivity index (χ1) is 38.4. The SMILES string of the molecule is CCCCCCCCN(CCC[C@@H](C)[C@H]1CC[C@H]2[C@@H]3[C@H](OCCCN)C[C@@H]4C[C@H](OCCCN)CC[C@]4(C)[C@H]3C[C@H](OCCCN)[C@]12C)C(=O)NCCOCCOCCOCCNC(=O)CCCC[Si](OCC)(OCC)OCC. The fourth-order valence-corrected chi connectivity index (χ4v) is 17.3. The van der Waals surface area contributed by atoms with Crippen molar-refractivity contribution in [1.29, 1.82) is 0 Å². The number of hydrogen-bond acceptors (Lipinski definition) is 14. The maximum absolute atomic E-state index is 13.8. The number of amides is 3. The Kier molecular flexibility index (Phi) is 35.3. The Balaban J connectivity index is 1.22. The highest BCUT2D eigenvalue weighted by Crippen LogP contribution is 2.69. The van der Waals surface area contributed by atoms with Gasteiger partial charge in [-0.05, 0) is 178 Å². The van der Waals surface area contributed by atoms with E-state index in [9.17, 15) is 9.59 Å². The Hall–Kier alpha value is -1.52. The molecule has 0 radical (unpaired) electrons. The van der Waals surface area contributed by atoms with Gasteiger partial charge >= 0.3 is 14.8 Å². The molecule has 464 valence electrons. The molecule has 0 aromatic rings. The molecule has 18 heteroatoms. The number of rotatable bonds is 47. The largest absolute Gasteiger partial charge is 0.500 e. The number of carbonyl (C=O) groups excluding carboxylic acids is 2. The van der Waals surface area contributed by atoms with E-state index < -0.39 is 8.80 Å². The molecule has 79 heavy (non-hydrogen) atoms. The predicted molar refractivity (Wildman–Crippen MR) is 318 cm³/mol. The average Bonchev–Trinajstić information content (AvgIpc) is 4.09. The van der Waals surface area contributed by atoms with Crippen LogP contribution in [0.25, 0.3) is 0 Å². The molecule has 4 fully saturated rings. The molecule has 4 aliphatic carbocycles. The van der Waals surface area contributed by atoms with E-state index in [2.05, 4.69) is 43.2 Å². The Morgan fingerprint density at radius 1 is 0.620 bits per heavy atom. The highest BCUT2D eigenvalue weighted by atomic mass is 28.4. The highest BCUT2D eigenvalue weighted by Gasteiger charge is 2.66. The lowest BCUT2D eigenvalue weighted by Crippen LogP contribution is -2.63. The van der Waals surface area contributed by atoms with Crippen molar-refractivity contribution in [3.8, 4) is 0 Å². The smallest absolute Gasteiger partial charge is 0.378 e. The van der Waals surface area contributed by atoms with Crippen molar-refractivity contribution in [3.63, 3.8) is 0 Å². The summed E-state index contributed by atoms with van der Waals surface area (Å²) >= 11 is 0. The minimum atomic E-state index is -2.67. The number of nitrogens with zero attached hydrogens (tertiary/aromatic N) is 1. The molecule has 0 bridgehead atoms. The third kappa shape index (κ3) is 22.8. The Labute approximate surface area is 482 Å². The van der Waals surface area contributed by atoms with Crippen molar-refractivity contribution in [2.24, 2.45) is 63.5 Å². The summed E-state index contributed by atoms with van der Waals surface area (Å²) in [7, 11) is -2.67. The van der Waals surface area contributed by atoms with Crippen LogP contribution in [0.4, 0.5) is 4.79 Å². The minimum absolute atomic E-state index is 0.00000130. The van der Waals surface area contributed by atoms with Gasteiger partial charge in [0, 0.05) is 83.7 Å². The summed E-state index contributed by atoms with van der Waals surface area (Å²) in [6.45, 7) is 26.6. The Morgan fingerprint density at radius 3 is 1.86 bits per heavy atom.